The summed E-state index contributed by atoms with van der Waals surface area (Å²) < 4.78 is 0. The molecule has 2 aromatic carbocycles. The topological polar surface area (TPSA) is 6.48 Å². The molecule has 0 aromatic heterocycles. The highest BCUT2D eigenvalue weighted by Crippen LogP contribution is 2.32. The molecule has 2 aliphatic heterocycles. The molecule has 2 aromatic rings. The Morgan fingerprint density at radius 2 is 1.50 bits per heavy atom. The monoisotopic (exact) mass is 320 g/mol. The summed E-state index contributed by atoms with van der Waals surface area (Å²) in [5.41, 5.74) is 5.54. The molecule has 0 unspecified atom stereocenters. The predicted octanol–water partition coefficient (Wildman–Crippen LogP) is 4.73. The highest BCUT2D eigenvalue weighted by Gasteiger charge is 2.27. The van der Waals surface area contributed by atoms with Gasteiger partial charge in [-0.05, 0) is 68.5 Å². The molecule has 0 atom stereocenters. The molecule has 0 bridgehead atoms. The van der Waals surface area contributed by atoms with Crippen LogP contribution in [0, 0.1) is 6.92 Å². The van der Waals surface area contributed by atoms with Crippen molar-refractivity contribution in [1.29, 1.82) is 0 Å². The Morgan fingerprint density at radius 1 is 0.792 bits per heavy atom. The molecule has 4 rings (SSSR count). The fourth-order valence-corrected chi connectivity index (χ4v) is 4.48. The van der Waals surface area contributed by atoms with Crippen LogP contribution in [0.15, 0.2) is 48.5 Å². The van der Waals surface area contributed by atoms with E-state index in [0.717, 1.165) is 6.04 Å². The normalized spacial score (nSPS) is 19.8. The summed E-state index contributed by atoms with van der Waals surface area (Å²) in [5, 5.41) is 0. The van der Waals surface area contributed by atoms with Crippen molar-refractivity contribution in [1.82, 2.24) is 4.90 Å². The van der Waals surface area contributed by atoms with E-state index in [9.17, 15) is 0 Å². The summed E-state index contributed by atoms with van der Waals surface area (Å²) in [6.07, 6.45) is 5.43. The Kier molecular flexibility index (Phi) is 4.57. The van der Waals surface area contributed by atoms with Crippen LogP contribution in [0.25, 0.3) is 11.1 Å². The van der Waals surface area contributed by atoms with Crippen molar-refractivity contribution >= 4 is 5.69 Å². The van der Waals surface area contributed by atoms with Gasteiger partial charge in [0.2, 0.25) is 0 Å². The molecule has 2 fully saturated rings. The molecule has 0 amide bonds. The Bertz CT molecular complexity index is 666. The molecular weight excluding hydrogens is 292 g/mol. The number of likely N-dealkylation sites (tertiary alicyclic amines) is 1. The van der Waals surface area contributed by atoms with Crippen molar-refractivity contribution in [2.24, 2.45) is 0 Å². The molecule has 2 aliphatic rings. The molecule has 2 heteroatoms. The van der Waals surface area contributed by atoms with E-state index in [0.29, 0.717) is 0 Å². The number of rotatable bonds is 3. The van der Waals surface area contributed by atoms with Gasteiger partial charge in [0.1, 0.15) is 0 Å². The fourth-order valence-electron chi connectivity index (χ4n) is 4.48. The minimum atomic E-state index is 0.821. The summed E-state index contributed by atoms with van der Waals surface area (Å²) in [7, 11) is 0. The quantitative estimate of drug-likeness (QED) is 0.807. The minimum absolute atomic E-state index is 0.821. The maximum Gasteiger partial charge on any atom is 0.0402 e. The van der Waals surface area contributed by atoms with Crippen molar-refractivity contribution in [3.8, 4) is 11.1 Å². The van der Waals surface area contributed by atoms with Gasteiger partial charge in [0.25, 0.3) is 0 Å². The standard InChI is InChI=1S/C22H28N2/c1-18-21(19-8-3-2-4-9-19)10-7-11-22(18)24-16-12-20(13-17-24)23-14-5-6-15-23/h2-4,7-11,20H,5-6,12-17H2,1H3. The number of anilines is 1. The van der Waals surface area contributed by atoms with E-state index in [1.54, 1.807) is 0 Å². The van der Waals surface area contributed by atoms with Crippen LogP contribution >= 0.6 is 0 Å². The SMILES string of the molecule is Cc1c(-c2ccccc2)cccc1N1CCC(N2CCCC2)CC1. The van der Waals surface area contributed by atoms with Crippen molar-refractivity contribution in [2.75, 3.05) is 31.1 Å². The summed E-state index contributed by atoms with van der Waals surface area (Å²) in [6, 6.07) is 18.4. The number of benzene rings is 2. The van der Waals surface area contributed by atoms with E-state index in [4.69, 9.17) is 0 Å². The highest BCUT2D eigenvalue weighted by atomic mass is 15.2. The number of hydrogen-bond acceptors (Lipinski definition) is 2. The molecule has 2 saturated heterocycles. The average Bonchev–Trinajstić information content (AvgIpc) is 3.18. The Morgan fingerprint density at radius 3 is 2.21 bits per heavy atom. The van der Waals surface area contributed by atoms with Gasteiger partial charge in [0.05, 0.1) is 0 Å². The first-order valence-corrected chi connectivity index (χ1v) is 9.47. The van der Waals surface area contributed by atoms with Crippen molar-refractivity contribution < 1.29 is 0 Å². The van der Waals surface area contributed by atoms with Gasteiger partial charge in [-0.3, -0.25) is 0 Å². The van der Waals surface area contributed by atoms with Gasteiger partial charge in [-0.15, -0.1) is 0 Å². The van der Waals surface area contributed by atoms with Gasteiger partial charge in [-0.25, -0.2) is 0 Å². The molecule has 126 valence electrons. The van der Waals surface area contributed by atoms with Gasteiger partial charge >= 0.3 is 0 Å². The average molecular weight is 320 g/mol. The molecule has 0 saturated carbocycles. The van der Waals surface area contributed by atoms with Crippen molar-refractivity contribution in [3.05, 3.63) is 54.1 Å². The summed E-state index contributed by atoms with van der Waals surface area (Å²) in [5.74, 6) is 0. The first-order chi connectivity index (χ1) is 11.8. The second-order valence-corrected chi connectivity index (χ2v) is 7.28. The lowest BCUT2D eigenvalue weighted by molar-refractivity contribution is 0.208. The smallest absolute Gasteiger partial charge is 0.0402 e. The highest BCUT2D eigenvalue weighted by molar-refractivity contribution is 5.74. The molecule has 2 heterocycles. The second kappa shape index (κ2) is 6.98. The van der Waals surface area contributed by atoms with Crippen LogP contribution in [0.3, 0.4) is 0 Å². The van der Waals surface area contributed by atoms with E-state index in [1.165, 1.54) is 74.2 Å². The molecule has 0 N–H and O–H groups in total. The fraction of sp³-hybridized carbons (Fsp3) is 0.455. The van der Waals surface area contributed by atoms with E-state index < -0.39 is 0 Å². The molecule has 0 aliphatic carbocycles. The van der Waals surface area contributed by atoms with Crippen LogP contribution in [0.2, 0.25) is 0 Å². The molecular formula is C22H28N2. The Balaban J connectivity index is 1.51. The zero-order valence-corrected chi connectivity index (χ0v) is 14.7. The van der Waals surface area contributed by atoms with Crippen LogP contribution < -0.4 is 4.90 Å². The van der Waals surface area contributed by atoms with Crippen LogP contribution in [0.4, 0.5) is 5.69 Å². The summed E-state index contributed by atoms with van der Waals surface area (Å²) in [6.45, 7) is 7.32. The van der Waals surface area contributed by atoms with Crippen LogP contribution in [-0.2, 0) is 0 Å². The van der Waals surface area contributed by atoms with Crippen LogP contribution in [-0.4, -0.2) is 37.1 Å². The van der Waals surface area contributed by atoms with E-state index >= 15 is 0 Å². The summed E-state index contributed by atoms with van der Waals surface area (Å²) >= 11 is 0. The molecule has 2 nitrogen and oxygen atoms in total. The first-order valence-electron chi connectivity index (χ1n) is 9.47. The minimum Gasteiger partial charge on any atom is -0.371 e. The van der Waals surface area contributed by atoms with Gasteiger partial charge in [0.15, 0.2) is 0 Å². The largest absolute Gasteiger partial charge is 0.371 e. The Hall–Kier alpha value is -1.80. The molecule has 24 heavy (non-hydrogen) atoms. The van der Waals surface area contributed by atoms with Crippen LogP contribution in [0.1, 0.15) is 31.2 Å². The van der Waals surface area contributed by atoms with Gasteiger partial charge in [0, 0.05) is 24.8 Å². The number of nitrogens with zero attached hydrogens (tertiary/aromatic N) is 2. The second-order valence-electron chi connectivity index (χ2n) is 7.28. The third-order valence-corrected chi connectivity index (χ3v) is 5.85. The lowest BCUT2D eigenvalue weighted by Crippen LogP contribution is -2.44. The van der Waals surface area contributed by atoms with Crippen molar-refractivity contribution in [2.45, 2.75) is 38.6 Å². The van der Waals surface area contributed by atoms with Crippen LogP contribution in [0.5, 0.6) is 0 Å². The van der Waals surface area contributed by atoms with E-state index in [1.807, 2.05) is 0 Å². The maximum absolute atomic E-state index is 2.73. The number of piperidine rings is 1. The van der Waals surface area contributed by atoms with Crippen molar-refractivity contribution in [3.63, 3.8) is 0 Å². The third kappa shape index (κ3) is 3.08. The number of hydrogen-bond donors (Lipinski definition) is 0. The lowest BCUT2D eigenvalue weighted by Gasteiger charge is -2.38. The first kappa shape index (κ1) is 15.7. The Labute approximate surface area is 146 Å². The van der Waals surface area contributed by atoms with Gasteiger partial charge in [-0.1, -0.05) is 42.5 Å². The third-order valence-electron chi connectivity index (χ3n) is 5.85. The predicted molar refractivity (Wildman–Crippen MR) is 103 cm³/mol. The van der Waals surface area contributed by atoms with Gasteiger partial charge in [-0.2, -0.15) is 0 Å². The molecule has 0 radical (unpaired) electrons. The van der Waals surface area contributed by atoms with Gasteiger partial charge < -0.3 is 9.80 Å². The van der Waals surface area contributed by atoms with E-state index in [2.05, 4.69) is 65.3 Å². The maximum atomic E-state index is 2.73. The van der Waals surface area contributed by atoms with E-state index in [-0.39, 0.29) is 0 Å². The molecule has 0 spiro atoms. The summed E-state index contributed by atoms with van der Waals surface area (Å²) in [4.78, 5) is 5.33. The zero-order chi connectivity index (χ0) is 16.4. The zero-order valence-electron chi connectivity index (χ0n) is 14.7. The lowest BCUT2D eigenvalue weighted by atomic mass is 9.97.